The third-order valence-electron chi connectivity index (χ3n) is 2.71. The summed E-state index contributed by atoms with van der Waals surface area (Å²) < 4.78 is 34.2. The molecule has 0 fully saturated rings. The normalized spacial score (nSPS) is 12.8. The van der Waals surface area contributed by atoms with Crippen molar-refractivity contribution in [2.24, 2.45) is 0 Å². The van der Waals surface area contributed by atoms with Crippen LogP contribution in [-0.4, -0.2) is 53.4 Å². The molecule has 10 heteroatoms. The number of carbonyl (C=O) groups excluding carboxylic acids is 2. The Kier molecular flexibility index (Phi) is 10.7. The Labute approximate surface area is 174 Å². The lowest BCUT2D eigenvalue weighted by Crippen LogP contribution is -2.40. The molecule has 0 bridgehead atoms. The second kappa shape index (κ2) is 11.2. The molecular weight excluding hydrogens is 401 g/mol. The van der Waals surface area contributed by atoms with Crippen LogP contribution in [0.2, 0.25) is 0 Å². The number of hydrogen-bond donors (Lipinski definition) is 0. The van der Waals surface area contributed by atoms with Crippen LogP contribution in [0.3, 0.4) is 0 Å². The van der Waals surface area contributed by atoms with E-state index in [9.17, 15) is 14.2 Å². The Hall–Kier alpha value is -1.31. The van der Waals surface area contributed by atoms with Gasteiger partial charge in [0.25, 0.3) is 0 Å². The fraction of sp³-hybridized carbons (Fsp3) is 0.895. The molecule has 0 saturated carbocycles. The number of nitrogens with zero attached hydrogens (tertiary/aromatic N) is 1. The summed E-state index contributed by atoms with van der Waals surface area (Å²) in [6.07, 6.45) is -2.24. The van der Waals surface area contributed by atoms with Crippen LogP contribution in [-0.2, 0) is 27.9 Å². The highest BCUT2D eigenvalue weighted by Crippen LogP contribution is 2.50. The molecule has 1 amide bonds. The topological polar surface area (TPSA) is 101 Å². The third-order valence-corrected chi connectivity index (χ3v) is 5.06. The van der Waals surface area contributed by atoms with Crippen molar-refractivity contribution in [2.75, 3.05) is 12.7 Å². The van der Waals surface area contributed by atoms with Gasteiger partial charge < -0.3 is 23.4 Å². The van der Waals surface area contributed by atoms with E-state index >= 15 is 0 Å². The smallest absolute Gasteiger partial charge is 0.442 e. The maximum Gasteiger partial charge on any atom is 0.534 e. The number of hydrogen-bond acceptors (Lipinski definition) is 8. The Bertz CT molecular complexity index is 564. The Morgan fingerprint density at radius 1 is 0.862 bits per heavy atom. The van der Waals surface area contributed by atoms with E-state index in [0.29, 0.717) is 0 Å². The summed E-state index contributed by atoms with van der Waals surface area (Å²) in [7, 11) is -3.38. The zero-order valence-corrected chi connectivity index (χ0v) is 20.3. The van der Waals surface area contributed by atoms with E-state index in [4.69, 9.17) is 23.4 Å². The van der Waals surface area contributed by atoms with Gasteiger partial charge in [0.2, 0.25) is 0 Å². The minimum Gasteiger partial charge on any atom is -0.442 e. The second-order valence-electron chi connectivity index (χ2n) is 9.13. The van der Waals surface area contributed by atoms with Crippen molar-refractivity contribution in [2.45, 2.75) is 99.1 Å². The highest BCUT2D eigenvalue weighted by Gasteiger charge is 2.31. The van der Waals surface area contributed by atoms with Gasteiger partial charge in [-0.25, -0.2) is 9.59 Å². The van der Waals surface area contributed by atoms with E-state index in [0.717, 1.165) is 5.06 Å². The highest BCUT2D eigenvalue weighted by atomic mass is 31.2. The predicted octanol–water partition coefficient (Wildman–Crippen LogP) is 5.52. The first-order chi connectivity index (χ1) is 12.9. The number of amides is 1. The Morgan fingerprint density at radius 3 is 1.69 bits per heavy atom. The first kappa shape index (κ1) is 27.7. The molecule has 0 atom stereocenters. The summed E-state index contributed by atoms with van der Waals surface area (Å²) in [6.45, 7) is 17.1. The quantitative estimate of drug-likeness (QED) is 0.277. The first-order valence-electron chi connectivity index (χ1n) is 9.80. The molecule has 172 valence electrons. The van der Waals surface area contributed by atoms with Crippen molar-refractivity contribution < 1.29 is 37.5 Å². The molecule has 0 aromatic carbocycles. The van der Waals surface area contributed by atoms with Crippen molar-refractivity contribution in [1.29, 1.82) is 0 Å². The lowest BCUT2D eigenvalue weighted by Gasteiger charge is -2.28. The molecule has 0 aliphatic heterocycles. The van der Waals surface area contributed by atoms with Gasteiger partial charge in [-0.2, -0.15) is 0 Å². The van der Waals surface area contributed by atoms with Gasteiger partial charge in [-0.1, -0.05) is 0 Å². The minimum absolute atomic E-state index is 0.0420. The van der Waals surface area contributed by atoms with Gasteiger partial charge >= 0.3 is 19.8 Å². The number of rotatable bonds is 8. The zero-order valence-electron chi connectivity index (χ0n) is 19.4. The number of carbonyl (C=O) groups is 2. The van der Waals surface area contributed by atoms with Gasteiger partial charge in [0.05, 0.1) is 24.9 Å². The minimum atomic E-state index is -3.38. The fourth-order valence-corrected chi connectivity index (χ4v) is 4.10. The lowest BCUT2D eigenvalue weighted by atomic mass is 10.2. The maximum atomic E-state index is 12.9. The molecule has 0 saturated heterocycles. The summed E-state index contributed by atoms with van der Waals surface area (Å²) in [4.78, 5) is 29.4. The summed E-state index contributed by atoms with van der Waals surface area (Å²) in [5.74, 6) is 0. The van der Waals surface area contributed by atoms with Crippen LogP contribution >= 0.6 is 7.60 Å². The molecule has 9 nitrogen and oxygen atoms in total. The van der Waals surface area contributed by atoms with Crippen LogP contribution in [0.1, 0.15) is 75.7 Å². The van der Waals surface area contributed by atoms with Gasteiger partial charge in [-0.3, -0.25) is 4.57 Å². The van der Waals surface area contributed by atoms with E-state index < -0.39 is 31.0 Å². The standard InChI is InChI=1S/C19H38NO8P/c1-14(2)27-29(23,28-15(3)4)13-11-12-20(16(21)24-18(5,6)7)26-17(22)25-19(8,9)10/h14-15H,11-13H2,1-10H3. The fourth-order valence-electron chi connectivity index (χ4n) is 2.03. The van der Waals surface area contributed by atoms with E-state index in [2.05, 4.69) is 0 Å². The summed E-state index contributed by atoms with van der Waals surface area (Å²) in [5, 5.41) is 0.758. The highest BCUT2D eigenvalue weighted by molar-refractivity contribution is 7.53. The molecule has 0 spiro atoms. The van der Waals surface area contributed by atoms with Crippen LogP contribution in [0, 0.1) is 0 Å². The van der Waals surface area contributed by atoms with Gasteiger partial charge in [-0.05, 0) is 75.7 Å². The van der Waals surface area contributed by atoms with Crippen LogP contribution in [0.5, 0.6) is 0 Å². The lowest BCUT2D eigenvalue weighted by molar-refractivity contribution is -0.135. The van der Waals surface area contributed by atoms with Crippen LogP contribution < -0.4 is 0 Å². The van der Waals surface area contributed by atoms with Crippen molar-refractivity contribution in [3.63, 3.8) is 0 Å². The monoisotopic (exact) mass is 439 g/mol. The third kappa shape index (κ3) is 14.3. The number of hydroxylamine groups is 2. The van der Waals surface area contributed by atoms with Gasteiger partial charge in [0.1, 0.15) is 11.2 Å². The van der Waals surface area contributed by atoms with E-state index in [1.807, 2.05) is 0 Å². The summed E-state index contributed by atoms with van der Waals surface area (Å²) in [5.41, 5.74) is -1.58. The summed E-state index contributed by atoms with van der Waals surface area (Å²) >= 11 is 0. The Balaban J connectivity index is 5.16. The van der Waals surface area contributed by atoms with E-state index in [1.54, 1.807) is 69.2 Å². The summed E-state index contributed by atoms with van der Waals surface area (Å²) in [6, 6.07) is 0. The van der Waals surface area contributed by atoms with Crippen molar-refractivity contribution in [3.05, 3.63) is 0 Å². The molecule has 0 rings (SSSR count). The zero-order chi connectivity index (χ0) is 23.0. The molecule has 0 aliphatic rings. The van der Waals surface area contributed by atoms with Crippen LogP contribution in [0.25, 0.3) is 0 Å². The largest absolute Gasteiger partial charge is 0.534 e. The van der Waals surface area contributed by atoms with E-state index in [1.165, 1.54) is 0 Å². The molecule has 0 aromatic heterocycles. The number of ether oxygens (including phenoxy) is 2. The van der Waals surface area contributed by atoms with E-state index in [-0.39, 0.29) is 31.3 Å². The average molecular weight is 439 g/mol. The Morgan fingerprint density at radius 2 is 1.31 bits per heavy atom. The van der Waals surface area contributed by atoms with Gasteiger partial charge in [0.15, 0.2) is 0 Å². The molecule has 0 heterocycles. The molecule has 29 heavy (non-hydrogen) atoms. The van der Waals surface area contributed by atoms with Crippen molar-refractivity contribution in [3.8, 4) is 0 Å². The maximum absolute atomic E-state index is 12.9. The molecule has 0 radical (unpaired) electrons. The van der Waals surface area contributed by atoms with Crippen molar-refractivity contribution >= 4 is 19.8 Å². The predicted molar refractivity (Wildman–Crippen MR) is 110 cm³/mol. The molecule has 0 aromatic rings. The van der Waals surface area contributed by atoms with Gasteiger partial charge in [0, 0.05) is 0 Å². The first-order valence-corrected chi connectivity index (χ1v) is 11.5. The van der Waals surface area contributed by atoms with Crippen LogP contribution in [0.4, 0.5) is 9.59 Å². The van der Waals surface area contributed by atoms with Crippen LogP contribution in [0.15, 0.2) is 0 Å². The molecule has 0 unspecified atom stereocenters. The SMILES string of the molecule is CC(C)OP(=O)(CCCN(OC(=O)OC(C)(C)C)C(=O)OC(C)(C)C)OC(C)C. The molecule has 0 aliphatic carbocycles. The average Bonchev–Trinajstić information content (AvgIpc) is 2.39. The van der Waals surface area contributed by atoms with Crippen molar-refractivity contribution in [1.82, 2.24) is 5.06 Å². The van der Waals surface area contributed by atoms with Gasteiger partial charge in [-0.15, -0.1) is 5.06 Å². The second-order valence-corrected chi connectivity index (χ2v) is 11.2. The molecule has 0 N–H and O–H groups in total. The molecular formula is C19H38NO8P.